The Bertz CT molecular complexity index is 261. The molecular weight excluding hydrogens is 264 g/mol. The predicted molar refractivity (Wildman–Crippen MR) is 58.8 cm³/mol. The van der Waals surface area contributed by atoms with Crippen molar-refractivity contribution < 1.29 is 45.2 Å². The smallest absolute Gasteiger partial charge is 0.187 e. The standard InChI is InChI=1S/C10H20O9/c11-1-4(14)5(2-12)18-10-9(17)8(16)7(15)6(3-13)19-10/h4-17H,1-3H2/t4-,5+,6-,7-,8+,9-,10-/m1/s1. The summed E-state index contributed by atoms with van der Waals surface area (Å²) in [5.41, 5.74) is 0. The summed E-state index contributed by atoms with van der Waals surface area (Å²) in [4.78, 5) is 0. The molecule has 1 fully saturated rings. The summed E-state index contributed by atoms with van der Waals surface area (Å²) in [5, 5.41) is 64.7. The van der Waals surface area contributed by atoms with E-state index in [0.717, 1.165) is 0 Å². The van der Waals surface area contributed by atoms with Gasteiger partial charge in [-0.2, -0.15) is 0 Å². The van der Waals surface area contributed by atoms with Crippen LogP contribution in [0.25, 0.3) is 0 Å². The van der Waals surface area contributed by atoms with Gasteiger partial charge in [0, 0.05) is 0 Å². The van der Waals surface area contributed by atoms with Crippen molar-refractivity contribution in [3.8, 4) is 0 Å². The molecule has 9 heteroatoms. The highest BCUT2D eigenvalue weighted by Gasteiger charge is 2.45. The Kier molecular flexibility index (Phi) is 6.53. The molecule has 0 unspecified atom stereocenters. The Labute approximate surface area is 109 Å². The third kappa shape index (κ3) is 3.81. The minimum atomic E-state index is -1.63. The summed E-state index contributed by atoms with van der Waals surface area (Å²) in [6.07, 6.45) is -10.0. The molecule has 114 valence electrons. The van der Waals surface area contributed by atoms with E-state index >= 15 is 0 Å². The van der Waals surface area contributed by atoms with Crippen LogP contribution in [-0.4, -0.2) is 98.5 Å². The van der Waals surface area contributed by atoms with Crippen molar-refractivity contribution >= 4 is 0 Å². The number of aliphatic hydroxyl groups is 7. The highest BCUT2D eigenvalue weighted by Crippen LogP contribution is 2.23. The molecule has 7 N–H and O–H groups in total. The molecule has 1 heterocycles. The van der Waals surface area contributed by atoms with Gasteiger partial charge in [0.15, 0.2) is 6.29 Å². The second-order valence-corrected chi connectivity index (χ2v) is 4.30. The van der Waals surface area contributed by atoms with Crippen molar-refractivity contribution in [1.29, 1.82) is 0 Å². The molecule has 0 aliphatic carbocycles. The van der Waals surface area contributed by atoms with Gasteiger partial charge in [0.05, 0.1) is 19.8 Å². The molecule has 0 aromatic rings. The summed E-state index contributed by atoms with van der Waals surface area (Å²) in [6, 6.07) is 0. The molecule has 7 atom stereocenters. The summed E-state index contributed by atoms with van der Waals surface area (Å²) in [6.45, 7) is -1.95. The van der Waals surface area contributed by atoms with Gasteiger partial charge in [-0.15, -0.1) is 0 Å². The highest BCUT2D eigenvalue weighted by atomic mass is 16.7. The zero-order valence-electron chi connectivity index (χ0n) is 10.1. The van der Waals surface area contributed by atoms with Crippen LogP contribution in [0.15, 0.2) is 0 Å². The maximum absolute atomic E-state index is 9.65. The van der Waals surface area contributed by atoms with Gasteiger partial charge >= 0.3 is 0 Å². The van der Waals surface area contributed by atoms with E-state index in [1.807, 2.05) is 0 Å². The minimum Gasteiger partial charge on any atom is -0.394 e. The van der Waals surface area contributed by atoms with Gasteiger partial charge in [-0.05, 0) is 0 Å². The van der Waals surface area contributed by atoms with Gasteiger partial charge in [-0.25, -0.2) is 0 Å². The molecular formula is C10H20O9. The normalized spacial score (nSPS) is 39.0. The number of rotatable bonds is 6. The molecule has 1 rings (SSSR count). The van der Waals surface area contributed by atoms with E-state index in [2.05, 4.69) is 0 Å². The first-order chi connectivity index (χ1) is 8.96. The predicted octanol–water partition coefficient (Wildman–Crippen LogP) is -4.48. The van der Waals surface area contributed by atoms with Gasteiger partial charge in [-0.1, -0.05) is 0 Å². The van der Waals surface area contributed by atoms with Crippen LogP contribution in [0.5, 0.6) is 0 Å². The Hall–Kier alpha value is -0.360. The van der Waals surface area contributed by atoms with E-state index in [4.69, 9.17) is 24.8 Å². The van der Waals surface area contributed by atoms with Gasteiger partial charge in [-0.3, -0.25) is 0 Å². The molecule has 1 saturated heterocycles. The Morgan fingerprint density at radius 3 is 2.05 bits per heavy atom. The summed E-state index contributed by atoms with van der Waals surface area (Å²) in [5.74, 6) is 0. The second kappa shape index (κ2) is 7.43. The SMILES string of the molecule is OC[C@@H](O)[C@H](CO)O[C@@H]1O[C@H](CO)[C@@H](O)[C@H](O)[C@H]1O. The maximum atomic E-state index is 9.65. The minimum absolute atomic E-state index is 0.614. The molecule has 0 amide bonds. The largest absolute Gasteiger partial charge is 0.394 e. The fourth-order valence-corrected chi connectivity index (χ4v) is 1.73. The van der Waals surface area contributed by atoms with E-state index in [1.54, 1.807) is 0 Å². The van der Waals surface area contributed by atoms with Gasteiger partial charge < -0.3 is 45.2 Å². The lowest BCUT2D eigenvalue weighted by atomic mass is 9.99. The van der Waals surface area contributed by atoms with Gasteiger partial charge in [0.25, 0.3) is 0 Å². The first kappa shape index (κ1) is 16.7. The first-order valence-corrected chi connectivity index (χ1v) is 5.82. The lowest BCUT2D eigenvalue weighted by Gasteiger charge is -2.41. The van der Waals surface area contributed by atoms with E-state index in [1.165, 1.54) is 0 Å². The van der Waals surface area contributed by atoms with Crippen molar-refractivity contribution in [2.75, 3.05) is 19.8 Å². The molecule has 0 aromatic carbocycles. The van der Waals surface area contributed by atoms with E-state index in [-0.39, 0.29) is 0 Å². The average Bonchev–Trinajstić information content (AvgIpc) is 2.43. The van der Waals surface area contributed by atoms with Crippen LogP contribution in [0, 0.1) is 0 Å². The van der Waals surface area contributed by atoms with Crippen LogP contribution in [0.4, 0.5) is 0 Å². The fraction of sp³-hybridized carbons (Fsp3) is 1.00. The number of ether oxygens (including phenoxy) is 2. The molecule has 9 nitrogen and oxygen atoms in total. The van der Waals surface area contributed by atoms with Crippen LogP contribution in [0.3, 0.4) is 0 Å². The second-order valence-electron chi connectivity index (χ2n) is 4.30. The van der Waals surface area contributed by atoms with Crippen molar-refractivity contribution in [3.63, 3.8) is 0 Å². The molecule has 0 aromatic heterocycles. The van der Waals surface area contributed by atoms with E-state index in [9.17, 15) is 20.4 Å². The average molecular weight is 284 g/mol. The quantitative estimate of drug-likeness (QED) is 0.255. The third-order valence-electron chi connectivity index (χ3n) is 2.95. The van der Waals surface area contributed by atoms with E-state index < -0.39 is 62.7 Å². The fourth-order valence-electron chi connectivity index (χ4n) is 1.73. The Morgan fingerprint density at radius 1 is 0.947 bits per heavy atom. The number of aliphatic hydroxyl groups excluding tert-OH is 7. The number of hydrogen-bond acceptors (Lipinski definition) is 9. The van der Waals surface area contributed by atoms with E-state index in [0.29, 0.717) is 0 Å². The summed E-state index contributed by atoms with van der Waals surface area (Å²) in [7, 11) is 0. The monoisotopic (exact) mass is 284 g/mol. The van der Waals surface area contributed by atoms with Gasteiger partial charge in [0.1, 0.15) is 36.6 Å². The van der Waals surface area contributed by atoms with Gasteiger partial charge in [0.2, 0.25) is 0 Å². The van der Waals surface area contributed by atoms with Crippen LogP contribution >= 0.6 is 0 Å². The molecule has 0 bridgehead atoms. The Balaban J connectivity index is 2.70. The molecule has 0 saturated carbocycles. The maximum Gasteiger partial charge on any atom is 0.187 e. The molecule has 1 aliphatic rings. The highest BCUT2D eigenvalue weighted by molar-refractivity contribution is 4.89. The lowest BCUT2D eigenvalue weighted by molar-refractivity contribution is -0.319. The molecule has 0 spiro atoms. The zero-order valence-corrected chi connectivity index (χ0v) is 10.1. The molecule has 1 aliphatic heterocycles. The molecule has 19 heavy (non-hydrogen) atoms. The first-order valence-electron chi connectivity index (χ1n) is 5.82. The molecule has 0 radical (unpaired) electrons. The van der Waals surface area contributed by atoms with Crippen LogP contribution in [-0.2, 0) is 9.47 Å². The Morgan fingerprint density at radius 2 is 1.58 bits per heavy atom. The van der Waals surface area contributed by atoms with Crippen molar-refractivity contribution in [3.05, 3.63) is 0 Å². The zero-order chi connectivity index (χ0) is 14.6. The van der Waals surface area contributed by atoms with Crippen LogP contribution < -0.4 is 0 Å². The van der Waals surface area contributed by atoms with Crippen molar-refractivity contribution in [2.45, 2.75) is 42.9 Å². The van der Waals surface area contributed by atoms with Crippen LogP contribution in [0.1, 0.15) is 0 Å². The number of hydrogen-bond donors (Lipinski definition) is 7. The lowest BCUT2D eigenvalue weighted by Crippen LogP contribution is -2.60. The van der Waals surface area contributed by atoms with Crippen LogP contribution in [0.2, 0.25) is 0 Å². The summed E-state index contributed by atoms with van der Waals surface area (Å²) < 4.78 is 10.1. The third-order valence-corrected chi connectivity index (χ3v) is 2.95. The topological polar surface area (TPSA) is 160 Å². The van der Waals surface area contributed by atoms with Crippen molar-refractivity contribution in [2.24, 2.45) is 0 Å². The summed E-state index contributed by atoms with van der Waals surface area (Å²) >= 11 is 0. The van der Waals surface area contributed by atoms with Crippen molar-refractivity contribution in [1.82, 2.24) is 0 Å².